The number of aromatic hydroxyl groups is 1. The largest absolute Gasteiger partial charge is 0.508 e. The quantitative estimate of drug-likeness (QED) is 0.185. The van der Waals surface area contributed by atoms with E-state index in [1.54, 1.807) is 12.1 Å². The molecule has 6 aromatic heterocycles. The van der Waals surface area contributed by atoms with Crippen LogP contribution in [0.25, 0.3) is 74.6 Å². The molecular weight excluding hydrogens is 606 g/mol. The number of benzene rings is 1. The summed E-state index contributed by atoms with van der Waals surface area (Å²) in [5, 5.41) is 10.2. The molecular formula is C41H30N7O+3. The standard InChI is InChI=1S/C41H29N7O/c49-29-12-10-28(11-13-29)38-30-14-16-32(42-30)39(46-22-4-1-5-23-46)34-18-20-36(44-34)41(48-26-8-3-9-27-48)37-21-19-35(45-37)40(33-17-15-31(38)43-33)47-24-6-2-7-25-47/h1-27H,(H2-,42,43,44,45,49)/q+2/p+1. The Hall–Kier alpha value is -6.93. The number of hydrogen-bond acceptors (Lipinski definition) is 3. The lowest BCUT2D eigenvalue weighted by Gasteiger charge is -2.04. The Morgan fingerprint density at radius 2 is 0.776 bits per heavy atom. The number of phenols is 1. The van der Waals surface area contributed by atoms with Gasteiger partial charge in [-0.15, -0.1) is 0 Å². The maximum Gasteiger partial charge on any atom is 0.260 e. The van der Waals surface area contributed by atoms with Crippen molar-refractivity contribution in [1.29, 1.82) is 0 Å². The summed E-state index contributed by atoms with van der Waals surface area (Å²) in [6, 6.07) is 33.8. The van der Waals surface area contributed by atoms with Gasteiger partial charge in [-0.2, -0.15) is 13.7 Å². The second kappa shape index (κ2) is 11.7. The second-order valence-corrected chi connectivity index (χ2v) is 11.8. The Bertz CT molecular complexity index is 2550. The van der Waals surface area contributed by atoms with Crippen LogP contribution < -0.4 is 13.7 Å². The minimum Gasteiger partial charge on any atom is -0.508 e. The lowest BCUT2D eigenvalue weighted by atomic mass is 10.0. The molecule has 0 atom stereocenters. The van der Waals surface area contributed by atoms with E-state index < -0.39 is 0 Å². The summed E-state index contributed by atoms with van der Waals surface area (Å²) in [4.78, 5) is 18.0. The van der Waals surface area contributed by atoms with Gasteiger partial charge in [0, 0.05) is 47.5 Å². The smallest absolute Gasteiger partial charge is 0.260 e. The highest BCUT2D eigenvalue weighted by Gasteiger charge is 2.25. The number of aromatic amines is 2. The van der Waals surface area contributed by atoms with Gasteiger partial charge in [0.1, 0.15) is 39.4 Å². The van der Waals surface area contributed by atoms with Gasteiger partial charge < -0.3 is 15.1 Å². The first-order valence-corrected chi connectivity index (χ1v) is 16.1. The molecule has 1 aromatic carbocycles. The summed E-state index contributed by atoms with van der Waals surface area (Å²) in [5.74, 6) is 0.207. The number of fused-ring (bicyclic) bond motifs is 8. The number of pyridine rings is 3. The SMILES string of the molecule is Oc1ccc(-c2c3nc(c(-[n+]4ccccc4)c4ccc([nH]4)c(-[n+]4ccccc4)c4nc(c(-[n+]5ccccc5)c5ccc2[nH]5)C=C4)C=C3)cc1. The second-order valence-electron chi connectivity index (χ2n) is 11.8. The molecule has 0 saturated carbocycles. The van der Waals surface area contributed by atoms with E-state index in [0.717, 1.165) is 73.0 Å². The third-order valence-corrected chi connectivity index (χ3v) is 8.75. The first kappa shape index (κ1) is 28.3. The molecule has 0 radical (unpaired) electrons. The monoisotopic (exact) mass is 636 g/mol. The van der Waals surface area contributed by atoms with Gasteiger partial charge in [-0.1, -0.05) is 30.3 Å². The summed E-state index contributed by atoms with van der Waals surface area (Å²) in [7, 11) is 0. The summed E-state index contributed by atoms with van der Waals surface area (Å²) in [5.41, 5.74) is 11.4. The number of nitrogens with one attached hydrogen (secondary N) is 2. The molecule has 7 aromatic rings. The minimum absolute atomic E-state index is 0.207. The average Bonchev–Trinajstić information content (AvgIpc) is 3.98. The third kappa shape index (κ3) is 5.08. The Morgan fingerprint density at radius 3 is 1.22 bits per heavy atom. The fourth-order valence-electron chi connectivity index (χ4n) is 6.55. The van der Waals surface area contributed by atoms with Gasteiger partial charge in [-0.05, 0) is 66.3 Å². The highest BCUT2D eigenvalue weighted by atomic mass is 16.3. The minimum atomic E-state index is 0.207. The first-order valence-electron chi connectivity index (χ1n) is 16.1. The molecule has 0 unspecified atom stereocenters. The van der Waals surface area contributed by atoms with E-state index in [-0.39, 0.29) is 5.75 Å². The van der Waals surface area contributed by atoms with E-state index in [0.29, 0.717) is 0 Å². The summed E-state index contributed by atoms with van der Waals surface area (Å²) >= 11 is 0. The molecule has 0 spiro atoms. The predicted octanol–water partition coefficient (Wildman–Crippen LogP) is 6.86. The zero-order valence-electron chi connectivity index (χ0n) is 26.3. The Kier molecular flexibility index (Phi) is 6.76. The molecule has 8 heterocycles. The van der Waals surface area contributed by atoms with Crippen LogP contribution >= 0.6 is 0 Å². The molecule has 0 saturated heterocycles. The summed E-state index contributed by atoms with van der Waals surface area (Å²) in [6.45, 7) is 0. The molecule has 8 nitrogen and oxygen atoms in total. The molecule has 9 rings (SSSR count). The number of hydrogen-bond donors (Lipinski definition) is 3. The Labute approximate surface area is 281 Å². The fourth-order valence-corrected chi connectivity index (χ4v) is 6.55. The van der Waals surface area contributed by atoms with Crippen molar-refractivity contribution in [3.05, 3.63) is 163 Å². The van der Waals surface area contributed by atoms with Crippen LogP contribution in [0, 0.1) is 0 Å². The van der Waals surface area contributed by atoms with Crippen molar-refractivity contribution in [2.75, 3.05) is 0 Å². The molecule has 2 aliphatic rings. The average molecular weight is 637 g/mol. The highest BCUT2D eigenvalue weighted by molar-refractivity contribution is 5.93. The van der Waals surface area contributed by atoms with Gasteiger partial charge in [-0.25, -0.2) is 9.97 Å². The van der Waals surface area contributed by atoms with E-state index in [4.69, 9.17) is 9.97 Å². The molecule has 0 amide bonds. The molecule has 49 heavy (non-hydrogen) atoms. The zero-order chi connectivity index (χ0) is 32.7. The van der Waals surface area contributed by atoms with Gasteiger partial charge in [0.25, 0.3) is 17.1 Å². The van der Waals surface area contributed by atoms with Gasteiger partial charge in [0.2, 0.25) is 0 Å². The van der Waals surface area contributed by atoms with E-state index in [9.17, 15) is 5.11 Å². The van der Waals surface area contributed by atoms with E-state index >= 15 is 0 Å². The van der Waals surface area contributed by atoms with Gasteiger partial charge in [0.05, 0.1) is 5.69 Å². The van der Waals surface area contributed by atoms with Crippen LogP contribution in [0.3, 0.4) is 0 Å². The van der Waals surface area contributed by atoms with Crippen molar-refractivity contribution in [1.82, 2.24) is 19.9 Å². The highest BCUT2D eigenvalue weighted by Crippen LogP contribution is 2.33. The van der Waals surface area contributed by atoms with Crippen LogP contribution in [0.15, 0.2) is 140 Å². The predicted molar refractivity (Wildman–Crippen MR) is 191 cm³/mol. The number of aromatic nitrogens is 7. The lowest BCUT2D eigenvalue weighted by molar-refractivity contribution is -0.594. The molecule has 8 bridgehead atoms. The van der Waals surface area contributed by atoms with Crippen molar-refractivity contribution >= 4 is 46.4 Å². The van der Waals surface area contributed by atoms with Crippen molar-refractivity contribution < 1.29 is 18.8 Å². The van der Waals surface area contributed by atoms with Crippen molar-refractivity contribution in [3.8, 4) is 33.9 Å². The molecule has 0 aliphatic carbocycles. The van der Waals surface area contributed by atoms with Crippen LogP contribution in [0.5, 0.6) is 5.75 Å². The topological polar surface area (TPSA) is 89.2 Å². The van der Waals surface area contributed by atoms with Crippen LogP contribution in [0.2, 0.25) is 0 Å². The van der Waals surface area contributed by atoms with Gasteiger partial charge >= 0.3 is 0 Å². The summed E-state index contributed by atoms with van der Waals surface area (Å²) in [6.07, 6.45) is 20.5. The lowest BCUT2D eigenvalue weighted by Crippen LogP contribution is -2.31. The van der Waals surface area contributed by atoms with Gasteiger partial charge in [-0.3, -0.25) is 0 Å². The van der Waals surface area contributed by atoms with E-state index in [2.05, 4.69) is 72.2 Å². The number of H-pyrrole nitrogens is 2. The normalized spacial score (nSPS) is 12.0. The first-order chi connectivity index (χ1) is 24.2. The van der Waals surface area contributed by atoms with Crippen LogP contribution in [-0.4, -0.2) is 25.0 Å². The maximum absolute atomic E-state index is 10.2. The van der Waals surface area contributed by atoms with Crippen LogP contribution in [0.1, 0.15) is 22.8 Å². The Morgan fingerprint density at radius 1 is 0.408 bits per heavy atom. The van der Waals surface area contributed by atoms with Crippen molar-refractivity contribution in [3.63, 3.8) is 0 Å². The molecule has 2 aliphatic heterocycles. The molecule has 0 fully saturated rings. The summed E-state index contributed by atoms with van der Waals surface area (Å²) < 4.78 is 6.27. The van der Waals surface area contributed by atoms with Gasteiger partial charge in [0.15, 0.2) is 37.2 Å². The third-order valence-electron chi connectivity index (χ3n) is 8.75. The zero-order valence-corrected chi connectivity index (χ0v) is 26.3. The maximum atomic E-state index is 10.2. The Balaban J connectivity index is 1.48. The van der Waals surface area contributed by atoms with Crippen molar-refractivity contribution in [2.45, 2.75) is 0 Å². The molecule has 8 heteroatoms. The van der Waals surface area contributed by atoms with Crippen molar-refractivity contribution in [2.24, 2.45) is 0 Å². The number of nitrogens with zero attached hydrogens (tertiary/aromatic N) is 5. The fraction of sp³-hybridized carbons (Fsp3) is 0. The molecule has 3 N–H and O–H groups in total. The van der Waals surface area contributed by atoms with E-state index in [1.807, 2.05) is 104 Å². The number of rotatable bonds is 4. The number of phenolic OH excluding ortho intramolecular Hbond substituents is 1. The van der Waals surface area contributed by atoms with E-state index in [1.165, 1.54) is 0 Å². The van der Waals surface area contributed by atoms with Crippen LogP contribution in [-0.2, 0) is 0 Å². The van der Waals surface area contributed by atoms with Crippen LogP contribution in [0.4, 0.5) is 0 Å². The molecule has 232 valence electrons.